The molecule has 0 bridgehead atoms. The van der Waals surface area contributed by atoms with E-state index >= 15 is 0 Å². The van der Waals surface area contributed by atoms with Crippen LogP contribution in [0.3, 0.4) is 0 Å². The summed E-state index contributed by atoms with van der Waals surface area (Å²) < 4.78 is 29.4. The normalized spacial score (nSPS) is 12.9. The van der Waals surface area contributed by atoms with Crippen molar-refractivity contribution in [3.63, 3.8) is 0 Å². The fraction of sp³-hybridized carbons (Fsp3) is 0.158. The van der Waals surface area contributed by atoms with Crippen molar-refractivity contribution >= 4 is 41.1 Å². The number of amides is 3. The minimum Gasteiger partial charge on any atom is -0.454 e. The highest BCUT2D eigenvalue weighted by atomic mass is 32.2. The molecule has 0 fully saturated rings. The van der Waals surface area contributed by atoms with Gasteiger partial charge in [-0.15, -0.1) is 0 Å². The van der Waals surface area contributed by atoms with Crippen LogP contribution in [0.4, 0.5) is 14.5 Å². The van der Waals surface area contributed by atoms with E-state index in [1.807, 2.05) is 0 Å². The number of ether oxygens (including phenoxy) is 1. The van der Waals surface area contributed by atoms with Gasteiger partial charge in [-0.05, 0) is 36.4 Å². The van der Waals surface area contributed by atoms with E-state index in [0.717, 1.165) is 4.90 Å². The third-order valence-corrected chi connectivity index (χ3v) is 4.62. The number of hydrogen-bond donors (Lipinski definition) is 1. The molecule has 150 valence electrons. The number of nitrogens with zero attached hydrogens (tertiary/aromatic N) is 1. The lowest BCUT2D eigenvalue weighted by atomic mass is 10.1. The van der Waals surface area contributed by atoms with Gasteiger partial charge in [-0.1, -0.05) is 23.9 Å². The third-order valence-electron chi connectivity index (χ3n) is 3.89. The van der Waals surface area contributed by atoms with Crippen molar-refractivity contribution in [2.45, 2.75) is 10.7 Å². The molecule has 1 aliphatic heterocycles. The first-order valence-electron chi connectivity index (χ1n) is 8.30. The van der Waals surface area contributed by atoms with Crippen molar-refractivity contribution in [1.82, 2.24) is 4.90 Å². The Morgan fingerprint density at radius 1 is 1.00 bits per heavy atom. The number of anilines is 1. The summed E-state index contributed by atoms with van der Waals surface area (Å²) in [6.07, 6.45) is 0. The molecular weight excluding hydrogens is 406 g/mol. The van der Waals surface area contributed by atoms with Crippen LogP contribution in [-0.2, 0) is 14.3 Å². The van der Waals surface area contributed by atoms with Gasteiger partial charge >= 0.3 is 5.97 Å². The number of imide groups is 1. The van der Waals surface area contributed by atoms with Gasteiger partial charge in [-0.2, -0.15) is 8.78 Å². The van der Waals surface area contributed by atoms with E-state index in [4.69, 9.17) is 4.74 Å². The Kier molecular flexibility index (Phi) is 6.23. The average molecular weight is 420 g/mol. The number of fused-ring (bicyclic) bond motifs is 1. The SMILES string of the molecule is O=C(COC(=O)CN1C(=O)c2ccccc2C1=O)Nc1ccc(SC(F)F)cc1. The molecule has 7 nitrogen and oxygen atoms in total. The van der Waals surface area contributed by atoms with Crippen LogP contribution in [0.25, 0.3) is 0 Å². The fourth-order valence-corrected chi connectivity index (χ4v) is 3.12. The lowest BCUT2D eigenvalue weighted by Crippen LogP contribution is -2.36. The number of rotatable bonds is 7. The van der Waals surface area contributed by atoms with Crippen molar-refractivity contribution in [1.29, 1.82) is 0 Å². The van der Waals surface area contributed by atoms with Crippen molar-refractivity contribution < 1.29 is 32.7 Å². The molecule has 2 aromatic rings. The second kappa shape index (κ2) is 8.82. The van der Waals surface area contributed by atoms with Crippen LogP contribution in [-0.4, -0.2) is 47.5 Å². The summed E-state index contributed by atoms with van der Waals surface area (Å²) in [5.74, 6) is -5.33. The molecule has 1 N–H and O–H groups in total. The molecule has 0 atom stereocenters. The lowest BCUT2D eigenvalue weighted by Gasteiger charge is -2.13. The van der Waals surface area contributed by atoms with Crippen LogP contribution in [0.2, 0.25) is 0 Å². The van der Waals surface area contributed by atoms with E-state index in [9.17, 15) is 28.0 Å². The molecule has 1 aliphatic rings. The van der Waals surface area contributed by atoms with E-state index in [0.29, 0.717) is 22.3 Å². The molecule has 29 heavy (non-hydrogen) atoms. The quantitative estimate of drug-likeness (QED) is 0.421. The number of thioether (sulfide) groups is 1. The van der Waals surface area contributed by atoms with E-state index in [1.165, 1.54) is 36.4 Å². The summed E-state index contributed by atoms with van der Waals surface area (Å²) >= 11 is 0.376. The Labute approximate surface area is 168 Å². The van der Waals surface area contributed by atoms with Gasteiger partial charge in [0.25, 0.3) is 23.5 Å². The monoisotopic (exact) mass is 420 g/mol. The van der Waals surface area contributed by atoms with E-state index in [-0.39, 0.29) is 11.1 Å². The van der Waals surface area contributed by atoms with Crippen molar-refractivity contribution in [2.24, 2.45) is 0 Å². The van der Waals surface area contributed by atoms with Crippen LogP contribution < -0.4 is 5.32 Å². The van der Waals surface area contributed by atoms with Gasteiger partial charge in [0.15, 0.2) is 6.61 Å². The van der Waals surface area contributed by atoms with Crippen molar-refractivity contribution in [2.75, 3.05) is 18.5 Å². The molecule has 3 amide bonds. The third kappa shape index (κ3) is 4.96. The Balaban J connectivity index is 1.48. The second-order valence-electron chi connectivity index (χ2n) is 5.85. The van der Waals surface area contributed by atoms with Crippen LogP contribution in [0.1, 0.15) is 20.7 Å². The molecule has 0 saturated carbocycles. The van der Waals surface area contributed by atoms with Gasteiger partial charge in [-0.25, -0.2) is 0 Å². The molecule has 0 unspecified atom stereocenters. The molecule has 0 saturated heterocycles. The molecule has 1 heterocycles. The van der Waals surface area contributed by atoms with Gasteiger partial charge in [0, 0.05) is 10.6 Å². The Bertz CT molecular complexity index is 930. The highest BCUT2D eigenvalue weighted by molar-refractivity contribution is 7.99. The van der Waals surface area contributed by atoms with E-state index in [1.54, 1.807) is 12.1 Å². The molecule has 0 aliphatic carbocycles. The van der Waals surface area contributed by atoms with E-state index < -0.39 is 42.6 Å². The van der Waals surface area contributed by atoms with Crippen LogP contribution in [0.15, 0.2) is 53.4 Å². The summed E-state index contributed by atoms with van der Waals surface area (Å²) in [6.45, 7) is -1.24. The highest BCUT2D eigenvalue weighted by Gasteiger charge is 2.36. The predicted molar refractivity (Wildman–Crippen MR) is 99.7 cm³/mol. The zero-order chi connectivity index (χ0) is 21.0. The minimum absolute atomic E-state index is 0.205. The Hall–Kier alpha value is -3.27. The van der Waals surface area contributed by atoms with Crippen molar-refractivity contribution in [3.8, 4) is 0 Å². The maximum absolute atomic E-state index is 12.3. The molecular formula is C19H14F2N2O5S. The Morgan fingerprint density at radius 2 is 1.59 bits per heavy atom. The highest BCUT2D eigenvalue weighted by Crippen LogP contribution is 2.26. The summed E-state index contributed by atoms with van der Waals surface area (Å²) in [5, 5.41) is 2.44. The van der Waals surface area contributed by atoms with E-state index in [2.05, 4.69) is 5.32 Å². The van der Waals surface area contributed by atoms with Crippen molar-refractivity contribution in [3.05, 3.63) is 59.7 Å². The first kappa shape index (κ1) is 20.5. The van der Waals surface area contributed by atoms with Gasteiger partial charge in [-0.3, -0.25) is 24.1 Å². The number of halogens is 2. The molecule has 2 aromatic carbocycles. The maximum Gasteiger partial charge on any atom is 0.326 e. The van der Waals surface area contributed by atoms with Gasteiger partial charge in [0.2, 0.25) is 0 Å². The zero-order valence-corrected chi connectivity index (χ0v) is 15.6. The fourth-order valence-electron chi connectivity index (χ4n) is 2.62. The molecule has 10 heteroatoms. The predicted octanol–water partition coefficient (Wildman–Crippen LogP) is 2.78. The second-order valence-corrected chi connectivity index (χ2v) is 6.92. The van der Waals surface area contributed by atoms with Gasteiger partial charge in [0.1, 0.15) is 6.54 Å². The zero-order valence-electron chi connectivity index (χ0n) is 14.8. The number of carbonyl (C=O) groups excluding carboxylic acids is 4. The number of nitrogens with one attached hydrogen (secondary N) is 1. The first-order chi connectivity index (χ1) is 13.8. The average Bonchev–Trinajstić information content (AvgIpc) is 2.93. The van der Waals surface area contributed by atoms with Crippen LogP contribution in [0, 0.1) is 0 Å². The number of alkyl halides is 2. The topological polar surface area (TPSA) is 92.8 Å². The number of esters is 1. The molecule has 0 aromatic heterocycles. The Morgan fingerprint density at radius 3 is 2.14 bits per heavy atom. The molecule has 3 rings (SSSR count). The largest absolute Gasteiger partial charge is 0.454 e. The molecule has 0 radical (unpaired) electrons. The van der Waals surface area contributed by atoms with Gasteiger partial charge in [0.05, 0.1) is 11.1 Å². The first-order valence-corrected chi connectivity index (χ1v) is 9.18. The van der Waals surface area contributed by atoms with Gasteiger partial charge < -0.3 is 10.1 Å². The number of carbonyl (C=O) groups is 4. The standard InChI is InChI=1S/C19H14F2N2O5S/c20-19(21)29-12-7-5-11(6-8-12)22-15(24)10-28-16(25)9-23-17(26)13-3-1-2-4-14(13)18(23)27/h1-8,19H,9-10H2,(H,22,24). The van der Waals surface area contributed by atoms with Crippen LogP contribution in [0.5, 0.6) is 0 Å². The number of hydrogen-bond acceptors (Lipinski definition) is 6. The summed E-state index contributed by atoms with van der Waals surface area (Å²) in [5.41, 5.74) is 0.748. The lowest BCUT2D eigenvalue weighted by molar-refractivity contribution is -0.147. The summed E-state index contributed by atoms with van der Waals surface area (Å²) in [6, 6.07) is 11.9. The minimum atomic E-state index is -2.54. The summed E-state index contributed by atoms with van der Waals surface area (Å²) in [4.78, 5) is 49.3. The van der Waals surface area contributed by atoms with Crippen LogP contribution >= 0.6 is 11.8 Å². The molecule has 0 spiro atoms. The smallest absolute Gasteiger partial charge is 0.326 e. The summed E-state index contributed by atoms with van der Waals surface area (Å²) in [7, 11) is 0. The number of benzene rings is 2. The maximum atomic E-state index is 12.3.